The molecule has 6 heteroatoms. The molecule has 0 aliphatic carbocycles. The Bertz CT molecular complexity index is 480. The van der Waals surface area contributed by atoms with Crippen LogP contribution in [-0.4, -0.2) is 41.6 Å². The molecule has 1 heterocycles. The summed E-state index contributed by atoms with van der Waals surface area (Å²) in [6, 6.07) is 7.43. The van der Waals surface area contributed by atoms with Gasteiger partial charge < -0.3 is 10.2 Å². The van der Waals surface area contributed by atoms with E-state index in [4.69, 9.17) is 0 Å². The first kappa shape index (κ1) is 12.3. The number of rotatable bonds is 4. The van der Waals surface area contributed by atoms with Crippen LogP contribution < -0.4 is 14.9 Å². The van der Waals surface area contributed by atoms with Gasteiger partial charge in [-0.2, -0.15) is 0 Å². The van der Waals surface area contributed by atoms with Crippen LogP contribution >= 0.6 is 0 Å². The largest absolute Gasteiger partial charge is 0.369 e. The summed E-state index contributed by atoms with van der Waals surface area (Å²) >= 11 is 0. The second-order valence-corrected chi connectivity index (χ2v) is 6.01. The second-order valence-electron chi connectivity index (χ2n) is 4.12. The van der Waals surface area contributed by atoms with Crippen molar-refractivity contribution in [3.05, 3.63) is 24.3 Å². The Kier molecular flexibility index (Phi) is 3.37. The number of benzene rings is 1. The van der Waals surface area contributed by atoms with Crippen molar-refractivity contribution < 1.29 is 8.42 Å². The van der Waals surface area contributed by atoms with Crippen molar-refractivity contribution in [2.24, 2.45) is 0 Å². The maximum atomic E-state index is 11.5. The van der Waals surface area contributed by atoms with E-state index in [1.165, 1.54) is 7.05 Å². The maximum Gasteiger partial charge on any atom is 0.240 e. The first-order valence-corrected chi connectivity index (χ1v) is 7.00. The molecule has 0 radical (unpaired) electrons. The predicted octanol–water partition coefficient (Wildman–Crippen LogP) is 0.00270. The van der Waals surface area contributed by atoms with Crippen LogP contribution in [0.2, 0.25) is 0 Å². The van der Waals surface area contributed by atoms with E-state index in [0.29, 0.717) is 10.9 Å². The third-order valence-electron chi connectivity index (χ3n) is 3.13. The number of likely N-dealkylation sites (N-methyl/N-ethyl adjacent to an activating group) is 1. The van der Waals surface area contributed by atoms with Gasteiger partial charge in [-0.15, -0.1) is 0 Å². The fourth-order valence-electron chi connectivity index (χ4n) is 1.74. The minimum atomic E-state index is -3.33. The molecular weight excluding hydrogens is 238 g/mol. The molecule has 0 aromatic heterocycles. The molecule has 1 aliphatic heterocycles. The molecule has 0 spiro atoms. The molecule has 2 N–H and O–H groups in total. The maximum absolute atomic E-state index is 11.5. The zero-order valence-electron chi connectivity index (χ0n) is 9.97. The van der Waals surface area contributed by atoms with Gasteiger partial charge in [-0.05, 0) is 31.3 Å². The molecule has 94 valence electrons. The molecule has 0 saturated carbocycles. The first-order chi connectivity index (χ1) is 8.04. The van der Waals surface area contributed by atoms with Gasteiger partial charge in [0.1, 0.15) is 0 Å². The highest BCUT2D eigenvalue weighted by Crippen LogP contribution is 2.19. The van der Waals surface area contributed by atoms with Gasteiger partial charge in [-0.1, -0.05) is 0 Å². The predicted molar refractivity (Wildman–Crippen MR) is 67.7 cm³/mol. The third kappa shape index (κ3) is 2.43. The zero-order valence-corrected chi connectivity index (χ0v) is 10.8. The average molecular weight is 255 g/mol. The van der Waals surface area contributed by atoms with Crippen molar-refractivity contribution >= 4 is 15.7 Å². The first-order valence-electron chi connectivity index (χ1n) is 5.52. The van der Waals surface area contributed by atoms with Crippen LogP contribution in [0.4, 0.5) is 5.69 Å². The van der Waals surface area contributed by atoms with E-state index in [1.807, 2.05) is 19.2 Å². The van der Waals surface area contributed by atoms with Crippen molar-refractivity contribution in [2.75, 3.05) is 32.1 Å². The van der Waals surface area contributed by atoms with E-state index < -0.39 is 10.0 Å². The number of nitrogens with one attached hydrogen (secondary N) is 2. The highest BCUT2D eigenvalue weighted by molar-refractivity contribution is 7.89. The number of anilines is 1. The van der Waals surface area contributed by atoms with Crippen molar-refractivity contribution in [1.29, 1.82) is 0 Å². The zero-order chi connectivity index (χ0) is 12.5. The van der Waals surface area contributed by atoms with Crippen LogP contribution in [0.15, 0.2) is 29.2 Å². The molecule has 0 unspecified atom stereocenters. The fourth-order valence-corrected chi connectivity index (χ4v) is 2.47. The van der Waals surface area contributed by atoms with Gasteiger partial charge in [-0.3, -0.25) is 0 Å². The van der Waals surface area contributed by atoms with E-state index in [9.17, 15) is 8.42 Å². The van der Waals surface area contributed by atoms with Crippen molar-refractivity contribution in [3.63, 3.8) is 0 Å². The summed E-state index contributed by atoms with van der Waals surface area (Å²) in [4.78, 5) is 2.45. The SMILES string of the molecule is CNS(=O)(=O)c1ccc(N(C)C2CNC2)cc1. The summed E-state index contributed by atoms with van der Waals surface area (Å²) in [7, 11) is 0.0997. The molecule has 1 aliphatic rings. The minimum absolute atomic E-state index is 0.295. The van der Waals surface area contributed by atoms with Crippen molar-refractivity contribution in [3.8, 4) is 0 Å². The second kappa shape index (κ2) is 4.64. The van der Waals surface area contributed by atoms with Gasteiger partial charge in [0.25, 0.3) is 0 Å². The Labute approximate surface area is 102 Å². The molecule has 2 rings (SSSR count). The molecule has 1 fully saturated rings. The number of nitrogens with zero attached hydrogens (tertiary/aromatic N) is 1. The molecule has 0 bridgehead atoms. The fraction of sp³-hybridized carbons (Fsp3) is 0.455. The van der Waals surface area contributed by atoms with Crippen molar-refractivity contribution in [2.45, 2.75) is 10.9 Å². The third-order valence-corrected chi connectivity index (χ3v) is 4.56. The van der Waals surface area contributed by atoms with Crippen molar-refractivity contribution in [1.82, 2.24) is 10.0 Å². The Morgan fingerprint density at radius 1 is 1.29 bits per heavy atom. The average Bonchev–Trinajstić information content (AvgIpc) is 2.27. The van der Waals surface area contributed by atoms with E-state index in [-0.39, 0.29) is 0 Å². The number of hydrogen-bond donors (Lipinski definition) is 2. The standard InChI is InChI=1S/C11H17N3O2S/c1-12-17(15,16)11-5-3-9(4-6-11)14(2)10-7-13-8-10/h3-6,10,12-13H,7-8H2,1-2H3. The van der Waals surface area contributed by atoms with E-state index in [1.54, 1.807) is 12.1 Å². The lowest BCUT2D eigenvalue weighted by Gasteiger charge is -2.37. The van der Waals surface area contributed by atoms with Gasteiger partial charge >= 0.3 is 0 Å². The molecule has 0 atom stereocenters. The van der Waals surface area contributed by atoms with E-state index in [0.717, 1.165) is 18.8 Å². The monoisotopic (exact) mass is 255 g/mol. The normalized spacial score (nSPS) is 16.6. The van der Waals surface area contributed by atoms with Crippen LogP contribution in [-0.2, 0) is 10.0 Å². The van der Waals surface area contributed by atoms with Crippen LogP contribution in [0.3, 0.4) is 0 Å². The molecular formula is C11H17N3O2S. The van der Waals surface area contributed by atoms with Gasteiger partial charge in [-0.25, -0.2) is 13.1 Å². The quantitative estimate of drug-likeness (QED) is 0.795. The molecule has 5 nitrogen and oxygen atoms in total. The molecule has 1 aromatic carbocycles. The lowest BCUT2D eigenvalue weighted by molar-refractivity contribution is 0.428. The Morgan fingerprint density at radius 3 is 2.29 bits per heavy atom. The summed E-state index contributed by atoms with van der Waals surface area (Å²) in [6.07, 6.45) is 0. The molecule has 0 amide bonds. The van der Waals surface area contributed by atoms with Crippen LogP contribution in [0, 0.1) is 0 Å². The Morgan fingerprint density at radius 2 is 1.88 bits per heavy atom. The summed E-state index contributed by atoms with van der Waals surface area (Å²) in [6.45, 7) is 1.96. The Hall–Kier alpha value is -1.11. The van der Waals surface area contributed by atoms with E-state index >= 15 is 0 Å². The topological polar surface area (TPSA) is 61.4 Å². The number of sulfonamides is 1. The molecule has 1 aromatic rings. The molecule has 1 saturated heterocycles. The summed E-state index contributed by atoms with van der Waals surface area (Å²) < 4.78 is 25.4. The summed E-state index contributed by atoms with van der Waals surface area (Å²) in [5, 5.41) is 3.21. The van der Waals surface area contributed by atoms with Crippen LogP contribution in [0.5, 0.6) is 0 Å². The van der Waals surface area contributed by atoms with Crippen LogP contribution in [0.1, 0.15) is 0 Å². The van der Waals surface area contributed by atoms with E-state index in [2.05, 4.69) is 14.9 Å². The van der Waals surface area contributed by atoms with Crippen LogP contribution in [0.25, 0.3) is 0 Å². The summed E-state index contributed by atoms with van der Waals surface area (Å²) in [5.74, 6) is 0. The lowest BCUT2D eigenvalue weighted by atomic mass is 10.1. The van der Waals surface area contributed by atoms with Gasteiger partial charge in [0, 0.05) is 25.8 Å². The Balaban J connectivity index is 2.18. The summed E-state index contributed by atoms with van der Waals surface area (Å²) in [5.41, 5.74) is 1.03. The lowest BCUT2D eigenvalue weighted by Crippen LogP contribution is -2.56. The minimum Gasteiger partial charge on any atom is -0.369 e. The van der Waals surface area contributed by atoms with Gasteiger partial charge in [0.05, 0.1) is 10.9 Å². The van der Waals surface area contributed by atoms with Gasteiger partial charge in [0.15, 0.2) is 0 Å². The van der Waals surface area contributed by atoms with Gasteiger partial charge in [0.2, 0.25) is 10.0 Å². The molecule has 17 heavy (non-hydrogen) atoms. The highest BCUT2D eigenvalue weighted by atomic mass is 32.2. The highest BCUT2D eigenvalue weighted by Gasteiger charge is 2.22. The number of hydrogen-bond acceptors (Lipinski definition) is 4. The smallest absolute Gasteiger partial charge is 0.240 e.